The van der Waals surface area contributed by atoms with Crippen molar-refractivity contribution in [2.75, 3.05) is 11.9 Å². The zero-order valence-electron chi connectivity index (χ0n) is 18.6. The number of anilines is 1. The van der Waals surface area contributed by atoms with Gasteiger partial charge in [0.25, 0.3) is 11.8 Å². The Morgan fingerprint density at radius 3 is 2.31 bits per heavy atom. The first-order chi connectivity index (χ1) is 15.5. The zero-order chi connectivity index (χ0) is 22.5. The molecule has 1 aliphatic heterocycles. The van der Waals surface area contributed by atoms with E-state index in [-0.39, 0.29) is 17.9 Å². The summed E-state index contributed by atoms with van der Waals surface area (Å²) in [7, 11) is 0. The van der Waals surface area contributed by atoms with Crippen molar-refractivity contribution in [3.05, 3.63) is 101 Å². The number of nitrogens with one attached hydrogen (secondary N) is 2. The van der Waals surface area contributed by atoms with Crippen molar-refractivity contribution in [1.82, 2.24) is 10.2 Å². The van der Waals surface area contributed by atoms with E-state index in [0.29, 0.717) is 16.8 Å². The molecule has 5 nitrogen and oxygen atoms in total. The zero-order valence-corrected chi connectivity index (χ0v) is 18.6. The average molecular weight is 428 g/mol. The van der Waals surface area contributed by atoms with E-state index < -0.39 is 0 Å². The van der Waals surface area contributed by atoms with E-state index in [1.165, 1.54) is 16.7 Å². The van der Waals surface area contributed by atoms with Crippen molar-refractivity contribution in [2.24, 2.45) is 0 Å². The Bertz CT molecular complexity index is 1110. The van der Waals surface area contributed by atoms with Crippen LogP contribution in [0.1, 0.15) is 51.3 Å². The number of carbonyl (C=O) groups excluding carboxylic acids is 2. The van der Waals surface area contributed by atoms with Crippen LogP contribution in [0.4, 0.5) is 5.69 Å². The van der Waals surface area contributed by atoms with Crippen molar-refractivity contribution in [3.8, 4) is 0 Å². The minimum absolute atomic E-state index is 0.0205. The topological polar surface area (TPSA) is 61.4 Å². The number of carbonyl (C=O) groups is 2. The molecule has 164 valence electrons. The average Bonchev–Trinajstić information content (AvgIpc) is 2.79. The Kier molecular flexibility index (Phi) is 6.66. The second-order valence-corrected chi connectivity index (χ2v) is 8.55. The van der Waals surface area contributed by atoms with E-state index >= 15 is 0 Å². The molecule has 1 aliphatic rings. The Balaban J connectivity index is 1.40. The first-order valence-electron chi connectivity index (χ1n) is 11.1. The fourth-order valence-corrected chi connectivity index (χ4v) is 4.03. The molecule has 3 aromatic rings. The summed E-state index contributed by atoms with van der Waals surface area (Å²) in [6.07, 6.45) is 1.07. The van der Waals surface area contributed by atoms with Crippen molar-refractivity contribution < 1.29 is 9.59 Å². The number of nitrogens with zero attached hydrogens (tertiary/aromatic N) is 1. The fourth-order valence-electron chi connectivity index (χ4n) is 4.03. The van der Waals surface area contributed by atoms with Crippen LogP contribution in [-0.4, -0.2) is 29.3 Å². The van der Waals surface area contributed by atoms with Crippen LogP contribution in [0.5, 0.6) is 0 Å². The molecule has 0 saturated carbocycles. The Hall–Kier alpha value is -3.44. The summed E-state index contributed by atoms with van der Waals surface area (Å²) in [6.45, 7) is 6.66. The van der Waals surface area contributed by atoms with Gasteiger partial charge in [0.1, 0.15) is 0 Å². The van der Waals surface area contributed by atoms with Crippen molar-refractivity contribution in [1.29, 1.82) is 0 Å². The normalized spacial score (nSPS) is 13.5. The van der Waals surface area contributed by atoms with Gasteiger partial charge in [-0.1, -0.05) is 48.5 Å². The van der Waals surface area contributed by atoms with Crippen LogP contribution in [0.2, 0.25) is 0 Å². The van der Waals surface area contributed by atoms with E-state index in [9.17, 15) is 9.59 Å². The molecular formula is C27H29N3O2. The molecule has 5 heteroatoms. The summed E-state index contributed by atoms with van der Waals surface area (Å²) in [4.78, 5) is 27.7. The number of rotatable bonds is 6. The first kappa shape index (κ1) is 21.8. The molecule has 32 heavy (non-hydrogen) atoms. The second-order valence-electron chi connectivity index (χ2n) is 8.55. The van der Waals surface area contributed by atoms with E-state index in [0.717, 1.165) is 26.1 Å². The molecule has 0 aromatic heterocycles. The van der Waals surface area contributed by atoms with Gasteiger partial charge in [0, 0.05) is 31.2 Å². The number of fused-ring (bicyclic) bond motifs is 1. The predicted molar refractivity (Wildman–Crippen MR) is 128 cm³/mol. The molecular weight excluding hydrogens is 398 g/mol. The minimum atomic E-state index is -0.228. The molecule has 0 aliphatic carbocycles. The van der Waals surface area contributed by atoms with Crippen LogP contribution in [0.15, 0.2) is 72.8 Å². The maximum atomic E-state index is 12.8. The summed E-state index contributed by atoms with van der Waals surface area (Å²) in [5.41, 5.74) is 5.55. The van der Waals surface area contributed by atoms with E-state index in [1.807, 2.05) is 44.2 Å². The standard InChI is InChI=1S/C27H29N3O2/c1-19(2)28-27(32)24-9-5-6-10-25(24)29-26(31)22-13-11-20(12-14-22)17-30-16-15-21-7-3-4-8-23(21)18-30/h3-14,19H,15-18H2,1-2H3,(H,28,32)(H,29,31). The molecule has 0 fully saturated rings. The van der Waals surface area contributed by atoms with Crippen molar-refractivity contribution in [3.63, 3.8) is 0 Å². The molecule has 3 aromatic carbocycles. The first-order valence-corrected chi connectivity index (χ1v) is 11.1. The number of benzene rings is 3. The van der Waals surface area contributed by atoms with Gasteiger partial charge >= 0.3 is 0 Å². The molecule has 0 saturated heterocycles. The highest BCUT2D eigenvalue weighted by molar-refractivity contribution is 6.09. The number of hydrogen-bond acceptors (Lipinski definition) is 3. The number of hydrogen-bond donors (Lipinski definition) is 2. The van der Waals surface area contributed by atoms with Gasteiger partial charge in [-0.15, -0.1) is 0 Å². The Labute approximate surface area is 189 Å². The quantitative estimate of drug-likeness (QED) is 0.603. The highest BCUT2D eigenvalue weighted by Gasteiger charge is 2.17. The molecule has 2 N–H and O–H groups in total. The largest absolute Gasteiger partial charge is 0.350 e. The number of para-hydroxylation sites is 1. The van der Waals surface area contributed by atoms with Crippen LogP contribution in [0, 0.1) is 0 Å². The lowest BCUT2D eigenvalue weighted by Gasteiger charge is -2.28. The summed E-state index contributed by atoms with van der Waals surface area (Å²) >= 11 is 0. The number of amides is 2. The van der Waals surface area contributed by atoms with Gasteiger partial charge in [0.15, 0.2) is 0 Å². The van der Waals surface area contributed by atoms with Gasteiger partial charge in [-0.05, 0) is 61.2 Å². The van der Waals surface area contributed by atoms with Gasteiger partial charge in [0.2, 0.25) is 0 Å². The Morgan fingerprint density at radius 2 is 1.56 bits per heavy atom. The molecule has 0 radical (unpaired) electrons. The highest BCUT2D eigenvalue weighted by atomic mass is 16.2. The predicted octanol–water partition coefficient (Wildman–Crippen LogP) is 4.64. The molecule has 0 atom stereocenters. The maximum absolute atomic E-state index is 12.8. The third kappa shape index (κ3) is 5.24. The SMILES string of the molecule is CC(C)NC(=O)c1ccccc1NC(=O)c1ccc(CN2CCc3ccccc3C2)cc1. The molecule has 1 heterocycles. The lowest BCUT2D eigenvalue weighted by Crippen LogP contribution is -2.31. The summed E-state index contributed by atoms with van der Waals surface area (Å²) in [5.74, 6) is -0.428. The smallest absolute Gasteiger partial charge is 0.255 e. The molecule has 0 spiro atoms. The summed E-state index contributed by atoms with van der Waals surface area (Å²) in [6, 6.07) is 23.4. The third-order valence-corrected chi connectivity index (χ3v) is 5.67. The summed E-state index contributed by atoms with van der Waals surface area (Å²) < 4.78 is 0. The Morgan fingerprint density at radius 1 is 0.875 bits per heavy atom. The van der Waals surface area contributed by atoms with E-state index in [2.05, 4.69) is 39.8 Å². The molecule has 4 rings (SSSR count). The van der Waals surface area contributed by atoms with Gasteiger partial charge in [0.05, 0.1) is 11.3 Å². The second kappa shape index (κ2) is 9.79. The minimum Gasteiger partial charge on any atom is -0.350 e. The van der Waals surface area contributed by atoms with Crippen LogP contribution in [-0.2, 0) is 19.5 Å². The van der Waals surface area contributed by atoms with Gasteiger partial charge in [-0.25, -0.2) is 0 Å². The van der Waals surface area contributed by atoms with Gasteiger partial charge in [-0.3, -0.25) is 14.5 Å². The van der Waals surface area contributed by atoms with Crippen molar-refractivity contribution in [2.45, 2.75) is 39.4 Å². The monoisotopic (exact) mass is 427 g/mol. The van der Waals surface area contributed by atoms with Crippen LogP contribution < -0.4 is 10.6 Å². The lowest BCUT2D eigenvalue weighted by molar-refractivity contribution is 0.0944. The maximum Gasteiger partial charge on any atom is 0.255 e. The van der Waals surface area contributed by atoms with Crippen LogP contribution in [0.3, 0.4) is 0 Å². The van der Waals surface area contributed by atoms with Gasteiger partial charge in [-0.2, -0.15) is 0 Å². The van der Waals surface area contributed by atoms with E-state index in [1.54, 1.807) is 18.2 Å². The fraction of sp³-hybridized carbons (Fsp3) is 0.259. The highest BCUT2D eigenvalue weighted by Crippen LogP contribution is 2.21. The molecule has 0 bridgehead atoms. The molecule has 2 amide bonds. The van der Waals surface area contributed by atoms with Crippen molar-refractivity contribution >= 4 is 17.5 Å². The van der Waals surface area contributed by atoms with Gasteiger partial charge < -0.3 is 10.6 Å². The van der Waals surface area contributed by atoms with Crippen LogP contribution >= 0.6 is 0 Å². The van der Waals surface area contributed by atoms with Crippen LogP contribution in [0.25, 0.3) is 0 Å². The third-order valence-electron chi connectivity index (χ3n) is 5.67. The lowest BCUT2D eigenvalue weighted by atomic mass is 9.99. The van der Waals surface area contributed by atoms with E-state index in [4.69, 9.17) is 0 Å². The molecule has 0 unspecified atom stereocenters. The summed E-state index contributed by atoms with van der Waals surface area (Å²) in [5, 5.41) is 5.75.